The lowest BCUT2D eigenvalue weighted by Gasteiger charge is -2.12. The highest BCUT2D eigenvalue weighted by atomic mass is 16.5. The minimum atomic E-state index is -0.333. The summed E-state index contributed by atoms with van der Waals surface area (Å²) in [5, 5.41) is 2.88. The van der Waals surface area contributed by atoms with Crippen molar-refractivity contribution >= 4 is 5.91 Å². The Bertz CT molecular complexity index is 405. The highest BCUT2D eigenvalue weighted by Gasteiger charge is 2.29. The van der Waals surface area contributed by atoms with Gasteiger partial charge in [-0.1, -0.05) is 0 Å². The van der Waals surface area contributed by atoms with Gasteiger partial charge in [0, 0.05) is 39.0 Å². The number of amides is 1. The Labute approximate surface area is 107 Å². The minimum absolute atomic E-state index is 0.0373. The molecule has 18 heavy (non-hydrogen) atoms. The Kier molecular flexibility index (Phi) is 4.33. The van der Waals surface area contributed by atoms with Crippen LogP contribution in [0.25, 0.3) is 0 Å². The van der Waals surface area contributed by atoms with Crippen LogP contribution in [0.4, 0.5) is 0 Å². The first kappa shape index (κ1) is 13.0. The van der Waals surface area contributed by atoms with Gasteiger partial charge in [0.25, 0.3) is 0 Å². The van der Waals surface area contributed by atoms with Crippen molar-refractivity contribution in [3.63, 3.8) is 0 Å². The van der Waals surface area contributed by atoms with Crippen LogP contribution >= 0.6 is 0 Å². The first-order chi connectivity index (χ1) is 8.70. The van der Waals surface area contributed by atoms with Crippen molar-refractivity contribution in [1.29, 1.82) is 0 Å². The van der Waals surface area contributed by atoms with Crippen molar-refractivity contribution in [3.05, 3.63) is 18.2 Å². The highest BCUT2D eigenvalue weighted by molar-refractivity contribution is 5.81. The molecular weight excluding hydrogens is 232 g/mol. The van der Waals surface area contributed by atoms with E-state index >= 15 is 0 Å². The molecule has 100 valence electrons. The molecule has 6 nitrogen and oxygen atoms in total. The van der Waals surface area contributed by atoms with Gasteiger partial charge in [-0.05, 0) is 12.8 Å². The van der Waals surface area contributed by atoms with Gasteiger partial charge in [-0.3, -0.25) is 4.79 Å². The molecule has 2 rings (SSSR count). The van der Waals surface area contributed by atoms with Gasteiger partial charge in [0.15, 0.2) is 0 Å². The average molecular weight is 252 g/mol. The quantitative estimate of drug-likeness (QED) is 0.746. The van der Waals surface area contributed by atoms with E-state index in [0.717, 1.165) is 25.1 Å². The first-order valence-electron chi connectivity index (χ1n) is 6.30. The number of nitrogens with two attached hydrogens (primary N) is 1. The zero-order chi connectivity index (χ0) is 13.0. The minimum Gasteiger partial charge on any atom is -0.364 e. The van der Waals surface area contributed by atoms with Crippen LogP contribution in [0.15, 0.2) is 12.4 Å². The second kappa shape index (κ2) is 5.97. The lowest BCUT2D eigenvalue weighted by molar-refractivity contribution is -0.131. The number of aromatic nitrogens is 2. The van der Waals surface area contributed by atoms with Gasteiger partial charge in [-0.15, -0.1) is 0 Å². The third kappa shape index (κ3) is 3.08. The van der Waals surface area contributed by atoms with Gasteiger partial charge < -0.3 is 20.4 Å². The van der Waals surface area contributed by atoms with Crippen molar-refractivity contribution in [2.75, 3.05) is 13.1 Å². The van der Waals surface area contributed by atoms with E-state index in [2.05, 4.69) is 10.3 Å². The third-order valence-electron chi connectivity index (χ3n) is 3.23. The van der Waals surface area contributed by atoms with Crippen LogP contribution in [0.2, 0.25) is 0 Å². The SMILES string of the molecule is Cn1ccnc1CCNC(=O)C1CCC(CN)O1. The number of nitrogens with one attached hydrogen (secondary N) is 1. The molecule has 6 heteroatoms. The van der Waals surface area contributed by atoms with E-state index in [0.29, 0.717) is 13.1 Å². The number of rotatable bonds is 5. The molecule has 1 aliphatic heterocycles. The summed E-state index contributed by atoms with van der Waals surface area (Å²) in [4.78, 5) is 16.0. The predicted molar refractivity (Wildman–Crippen MR) is 66.9 cm³/mol. The van der Waals surface area contributed by atoms with Gasteiger partial charge >= 0.3 is 0 Å². The van der Waals surface area contributed by atoms with Crippen molar-refractivity contribution in [1.82, 2.24) is 14.9 Å². The zero-order valence-corrected chi connectivity index (χ0v) is 10.6. The fourth-order valence-electron chi connectivity index (χ4n) is 2.12. The molecule has 0 aliphatic carbocycles. The van der Waals surface area contributed by atoms with Gasteiger partial charge in [-0.2, -0.15) is 0 Å². The zero-order valence-electron chi connectivity index (χ0n) is 10.6. The standard InChI is InChI=1S/C12H20N4O2/c1-16-7-6-14-11(16)4-5-15-12(17)10-3-2-9(8-13)18-10/h6-7,9-10H,2-5,8,13H2,1H3,(H,15,17). The fourth-order valence-corrected chi connectivity index (χ4v) is 2.12. The van der Waals surface area contributed by atoms with E-state index in [4.69, 9.17) is 10.5 Å². The van der Waals surface area contributed by atoms with E-state index in [1.54, 1.807) is 6.20 Å². The smallest absolute Gasteiger partial charge is 0.249 e. The predicted octanol–water partition coefficient (Wildman–Crippen LogP) is -0.415. The van der Waals surface area contributed by atoms with Gasteiger partial charge in [0.2, 0.25) is 5.91 Å². The van der Waals surface area contributed by atoms with Crippen molar-refractivity contribution in [2.45, 2.75) is 31.5 Å². The first-order valence-corrected chi connectivity index (χ1v) is 6.30. The number of carbonyl (C=O) groups excluding carboxylic acids is 1. The topological polar surface area (TPSA) is 82.2 Å². The summed E-state index contributed by atoms with van der Waals surface area (Å²) >= 11 is 0. The maximum atomic E-state index is 11.8. The van der Waals surface area contributed by atoms with Crippen LogP contribution in [-0.2, 0) is 23.0 Å². The summed E-state index contributed by atoms with van der Waals surface area (Å²) in [6, 6.07) is 0. The number of aryl methyl sites for hydroxylation is 1. The maximum Gasteiger partial charge on any atom is 0.249 e. The Morgan fingerprint density at radius 2 is 2.50 bits per heavy atom. The Hall–Kier alpha value is -1.40. The van der Waals surface area contributed by atoms with E-state index in [1.807, 2.05) is 17.8 Å². The third-order valence-corrected chi connectivity index (χ3v) is 3.23. The molecule has 1 aromatic rings. The maximum absolute atomic E-state index is 11.8. The molecule has 0 spiro atoms. The number of nitrogens with zero attached hydrogens (tertiary/aromatic N) is 2. The second-order valence-corrected chi connectivity index (χ2v) is 4.56. The van der Waals surface area contributed by atoms with Crippen LogP contribution in [0, 0.1) is 0 Å². The van der Waals surface area contributed by atoms with Crippen molar-refractivity contribution < 1.29 is 9.53 Å². The number of carbonyl (C=O) groups is 1. The molecule has 0 saturated carbocycles. The number of ether oxygens (including phenoxy) is 1. The molecule has 1 saturated heterocycles. The summed E-state index contributed by atoms with van der Waals surface area (Å²) in [6.07, 6.45) is 5.70. The molecule has 1 aliphatic rings. The summed E-state index contributed by atoms with van der Waals surface area (Å²) in [5.41, 5.74) is 5.51. The van der Waals surface area contributed by atoms with Gasteiger partial charge in [-0.25, -0.2) is 4.98 Å². The van der Waals surface area contributed by atoms with E-state index in [9.17, 15) is 4.79 Å². The number of imidazole rings is 1. The summed E-state index contributed by atoms with van der Waals surface area (Å²) in [7, 11) is 1.94. The number of hydrogen-bond acceptors (Lipinski definition) is 4. The van der Waals surface area contributed by atoms with Gasteiger partial charge in [0.1, 0.15) is 11.9 Å². The Morgan fingerprint density at radius 1 is 1.67 bits per heavy atom. The fraction of sp³-hybridized carbons (Fsp3) is 0.667. The summed E-state index contributed by atoms with van der Waals surface area (Å²) < 4.78 is 7.47. The van der Waals surface area contributed by atoms with Crippen LogP contribution in [0.3, 0.4) is 0 Å². The second-order valence-electron chi connectivity index (χ2n) is 4.56. The lowest BCUT2D eigenvalue weighted by Crippen LogP contribution is -2.36. The monoisotopic (exact) mass is 252 g/mol. The van der Waals surface area contributed by atoms with Crippen molar-refractivity contribution in [2.24, 2.45) is 12.8 Å². The lowest BCUT2D eigenvalue weighted by atomic mass is 10.2. The van der Waals surface area contributed by atoms with E-state index in [-0.39, 0.29) is 18.1 Å². The van der Waals surface area contributed by atoms with Crippen LogP contribution in [0.1, 0.15) is 18.7 Å². The Balaban J connectivity index is 1.71. The molecule has 2 atom stereocenters. The summed E-state index contributed by atoms with van der Waals surface area (Å²) in [5.74, 6) is 0.919. The molecule has 0 radical (unpaired) electrons. The van der Waals surface area contributed by atoms with E-state index in [1.165, 1.54) is 0 Å². The normalized spacial score (nSPS) is 23.2. The highest BCUT2D eigenvalue weighted by Crippen LogP contribution is 2.18. The van der Waals surface area contributed by atoms with Crippen molar-refractivity contribution in [3.8, 4) is 0 Å². The molecule has 1 fully saturated rings. The van der Waals surface area contributed by atoms with Crippen LogP contribution < -0.4 is 11.1 Å². The van der Waals surface area contributed by atoms with Gasteiger partial charge in [0.05, 0.1) is 6.10 Å². The molecule has 1 amide bonds. The average Bonchev–Trinajstić information content (AvgIpc) is 2.98. The molecule has 2 heterocycles. The van der Waals surface area contributed by atoms with Crippen LogP contribution in [-0.4, -0.2) is 40.8 Å². The molecular formula is C12H20N4O2. The molecule has 0 bridgehead atoms. The van der Waals surface area contributed by atoms with Crippen LogP contribution in [0.5, 0.6) is 0 Å². The molecule has 2 unspecified atom stereocenters. The number of hydrogen-bond donors (Lipinski definition) is 2. The summed E-state index contributed by atoms with van der Waals surface area (Å²) in [6.45, 7) is 1.06. The Morgan fingerprint density at radius 3 is 3.11 bits per heavy atom. The van der Waals surface area contributed by atoms with E-state index < -0.39 is 0 Å². The largest absolute Gasteiger partial charge is 0.364 e. The molecule has 1 aromatic heterocycles. The molecule has 3 N–H and O–H groups in total. The molecule has 0 aromatic carbocycles.